The summed E-state index contributed by atoms with van der Waals surface area (Å²) in [6, 6.07) is 7.55. The molecule has 0 saturated carbocycles. The number of aryl methyl sites for hydroxylation is 1. The second kappa shape index (κ2) is 9.25. The lowest BCUT2D eigenvalue weighted by Crippen LogP contribution is -2.39. The molecule has 1 aromatic carbocycles. The molecule has 132 valence electrons. The van der Waals surface area contributed by atoms with Gasteiger partial charge in [-0.15, -0.1) is 36.2 Å². The average Bonchev–Trinajstić information content (AvgIpc) is 2.96. The van der Waals surface area contributed by atoms with Crippen molar-refractivity contribution in [3.05, 3.63) is 45.9 Å². The number of thiazole rings is 1. The van der Waals surface area contributed by atoms with E-state index in [1.54, 1.807) is 11.3 Å². The molecular formula is C17H23Cl2N3OS. The Bertz CT molecular complexity index is 660. The van der Waals surface area contributed by atoms with E-state index >= 15 is 0 Å². The Morgan fingerprint density at radius 2 is 2.04 bits per heavy atom. The van der Waals surface area contributed by atoms with Crippen LogP contribution in [0, 0.1) is 6.92 Å². The average molecular weight is 388 g/mol. The van der Waals surface area contributed by atoms with E-state index in [1.165, 1.54) is 5.01 Å². The summed E-state index contributed by atoms with van der Waals surface area (Å²) >= 11 is 1.71. The molecule has 1 aromatic heterocycles. The number of rotatable bonds is 3. The van der Waals surface area contributed by atoms with E-state index in [0.717, 1.165) is 42.9 Å². The summed E-state index contributed by atoms with van der Waals surface area (Å²) in [6.45, 7) is 3.67. The summed E-state index contributed by atoms with van der Waals surface area (Å²) in [4.78, 5) is 19.1. The van der Waals surface area contributed by atoms with E-state index < -0.39 is 0 Å². The number of piperidine rings is 1. The van der Waals surface area contributed by atoms with Crippen LogP contribution in [0.5, 0.6) is 0 Å². The Kier molecular flexibility index (Phi) is 8.00. The molecule has 1 aliphatic heterocycles. The number of carbonyl (C=O) groups excluding carboxylic acids is 1. The first-order chi connectivity index (χ1) is 10.6. The third-order valence-corrected chi connectivity index (χ3v) is 5.22. The molecule has 4 nitrogen and oxygen atoms in total. The summed E-state index contributed by atoms with van der Waals surface area (Å²) in [7, 11) is 0. The molecule has 2 heterocycles. The van der Waals surface area contributed by atoms with Crippen molar-refractivity contribution in [3.63, 3.8) is 0 Å². The molecule has 1 aliphatic rings. The number of nitrogen functional groups attached to an aromatic ring is 1. The molecule has 1 saturated heterocycles. The van der Waals surface area contributed by atoms with Crippen LogP contribution in [-0.4, -0.2) is 28.9 Å². The first-order valence-electron chi connectivity index (χ1n) is 7.66. The fourth-order valence-corrected chi connectivity index (χ4v) is 3.81. The van der Waals surface area contributed by atoms with Crippen molar-refractivity contribution in [1.82, 2.24) is 9.88 Å². The Balaban J connectivity index is 0.00000144. The van der Waals surface area contributed by atoms with Crippen LogP contribution in [0.1, 0.15) is 35.0 Å². The molecule has 1 unspecified atom stereocenters. The van der Waals surface area contributed by atoms with Gasteiger partial charge in [0.25, 0.3) is 0 Å². The van der Waals surface area contributed by atoms with Crippen molar-refractivity contribution in [2.75, 3.05) is 18.8 Å². The minimum Gasteiger partial charge on any atom is -0.399 e. The lowest BCUT2D eigenvalue weighted by atomic mass is 9.98. The van der Waals surface area contributed by atoms with Crippen LogP contribution in [0.2, 0.25) is 0 Å². The molecular weight excluding hydrogens is 365 g/mol. The smallest absolute Gasteiger partial charge is 0.227 e. The first-order valence-corrected chi connectivity index (χ1v) is 8.54. The molecule has 1 atom stereocenters. The highest BCUT2D eigenvalue weighted by molar-refractivity contribution is 7.09. The maximum atomic E-state index is 12.5. The highest BCUT2D eigenvalue weighted by Crippen LogP contribution is 2.29. The molecule has 0 bridgehead atoms. The zero-order valence-corrected chi connectivity index (χ0v) is 16.1. The minimum atomic E-state index is 0. The van der Waals surface area contributed by atoms with E-state index in [0.29, 0.717) is 12.3 Å². The largest absolute Gasteiger partial charge is 0.399 e. The van der Waals surface area contributed by atoms with Gasteiger partial charge in [-0.1, -0.05) is 12.1 Å². The quantitative estimate of drug-likeness (QED) is 0.814. The number of carbonyl (C=O) groups is 1. The van der Waals surface area contributed by atoms with Gasteiger partial charge in [0.05, 0.1) is 11.4 Å². The van der Waals surface area contributed by atoms with Crippen LogP contribution in [0.3, 0.4) is 0 Å². The molecule has 0 spiro atoms. The third kappa shape index (κ3) is 5.10. The van der Waals surface area contributed by atoms with Gasteiger partial charge in [-0.2, -0.15) is 0 Å². The molecule has 0 aliphatic carbocycles. The zero-order valence-electron chi connectivity index (χ0n) is 13.6. The van der Waals surface area contributed by atoms with Gasteiger partial charge in [0.1, 0.15) is 0 Å². The third-order valence-electron chi connectivity index (χ3n) is 4.10. The Labute approximate surface area is 159 Å². The van der Waals surface area contributed by atoms with Gasteiger partial charge in [-0.25, -0.2) is 4.98 Å². The number of nitrogens with two attached hydrogens (primary N) is 1. The fraction of sp³-hybridized carbons (Fsp3) is 0.412. The van der Waals surface area contributed by atoms with Gasteiger partial charge in [-0.3, -0.25) is 4.79 Å². The summed E-state index contributed by atoms with van der Waals surface area (Å²) in [5.74, 6) is 0.588. The Hall–Kier alpha value is -1.30. The van der Waals surface area contributed by atoms with Gasteiger partial charge in [0.15, 0.2) is 0 Å². The van der Waals surface area contributed by atoms with E-state index in [2.05, 4.69) is 10.4 Å². The van der Waals surface area contributed by atoms with Crippen LogP contribution >= 0.6 is 36.2 Å². The lowest BCUT2D eigenvalue weighted by Gasteiger charge is -2.32. The predicted molar refractivity (Wildman–Crippen MR) is 104 cm³/mol. The molecule has 1 fully saturated rings. The SMILES string of the molecule is Cc1csc(C2CCCN(C(=O)Cc3ccc(N)cc3)C2)n1.Cl.Cl. The molecule has 7 heteroatoms. The maximum Gasteiger partial charge on any atom is 0.227 e. The van der Waals surface area contributed by atoms with Gasteiger partial charge in [-0.05, 0) is 37.5 Å². The van der Waals surface area contributed by atoms with Crippen LogP contribution < -0.4 is 5.73 Å². The first kappa shape index (κ1) is 20.7. The maximum absolute atomic E-state index is 12.5. The monoisotopic (exact) mass is 387 g/mol. The number of halogens is 2. The molecule has 3 rings (SSSR count). The number of anilines is 1. The molecule has 2 N–H and O–H groups in total. The number of amides is 1. The topological polar surface area (TPSA) is 59.2 Å². The highest BCUT2D eigenvalue weighted by Gasteiger charge is 2.26. The summed E-state index contributed by atoms with van der Waals surface area (Å²) in [5.41, 5.74) is 8.51. The number of benzene rings is 1. The molecule has 1 amide bonds. The summed E-state index contributed by atoms with van der Waals surface area (Å²) in [6.07, 6.45) is 2.62. The number of hydrogen-bond donors (Lipinski definition) is 1. The van der Waals surface area contributed by atoms with E-state index in [9.17, 15) is 4.79 Å². The van der Waals surface area contributed by atoms with E-state index in [1.807, 2.05) is 36.1 Å². The van der Waals surface area contributed by atoms with Crippen molar-refractivity contribution in [1.29, 1.82) is 0 Å². The standard InChI is InChI=1S/C17H21N3OS.2ClH/c1-12-11-22-17(19-12)14-3-2-8-20(10-14)16(21)9-13-4-6-15(18)7-5-13;;/h4-7,11,14H,2-3,8-10,18H2,1H3;2*1H. The van der Waals surface area contributed by atoms with Crippen LogP contribution in [0.15, 0.2) is 29.6 Å². The van der Waals surface area contributed by atoms with Crippen LogP contribution in [-0.2, 0) is 11.2 Å². The molecule has 24 heavy (non-hydrogen) atoms. The second-order valence-corrected chi connectivity index (χ2v) is 6.81. The fourth-order valence-electron chi connectivity index (χ4n) is 2.89. The van der Waals surface area contributed by atoms with Crippen LogP contribution in [0.25, 0.3) is 0 Å². The van der Waals surface area contributed by atoms with Crippen molar-refractivity contribution in [2.24, 2.45) is 0 Å². The van der Waals surface area contributed by atoms with Crippen molar-refractivity contribution < 1.29 is 4.79 Å². The Morgan fingerprint density at radius 3 is 2.67 bits per heavy atom. The molecule has 2 aromatic rings. The predicted octanol–water partition coefficient (Wildman–Crippen LogP) is 3.83. The summed E-state index contributed by atoms with van der Waals surface area (Å²) in [5, 5.41) is 3.26. The van der Waals surface area contributed by atoms with Gasteiger partial charge < -0.3 is 10.6 Å². The Morgan fingerprint density at radius 1 is 1.33 bits per heavy atom. The van der Waals surface area contributed by atoms with Crippen molar-refractivity contribution >= 4 is 47.7 Å². The highest BCUT2D eigenvalue weighted by atomic mass is 35.5. The number of aromatic nitrogens is 1. The van der Waals surface area contributed by atoms with Gasteiger partial charge in [0, 0.05) is 35.8 Å². The number of nitrogens with zero attached hydrogens (tertiary/aromatic N) is 2. The van der Waals surface area contributed by atoms with Crippen molar-refractivity contribution in [3.8, 4) is 0 Å². The summed E-state index contributed by atoms with van der Waals surface area (Å²) < 4.78 is 0. The normalized spacial score (nSPS) is 16.9. The number of hydrogen-bond acceptors (Lipinski definition) is 4. The number of likely N-dealkylation sites (tertiary alicyclic amines) is 1. The van der Waals surface area contributed by atoms with E-state index in [4.69, 9.17) is 5.73 Å². The lowest BCUT2D eigenvalue weighted by molar-refractivity contribution is -0.131. The van der Waals surface area contributed by atoms with Crippen LogP contribution in [0.4, 0.5) is 5.69 Å². The minimum absolute atomic E-state index is 0. The zero-order chi connectivity index (χ0) is 15.5. The van der Waals surface area contributed by atoms with Gasteiger partial charge >= 0.3 is 0 Å². The van der Waals surface area contributed by atoms with Crippen molar-refractivity contribution in [2.45, 2.75) is 32.1 Å². The van der Waals surface area contributed by atoms with Gasteiger partial charge in [0.2, 0.25) is 5.91 Å². The second-order valence-electron chi connectivity index (χ2n) is 5.92. The molecule has 0 radical (unpaired) electrons. The van der Waals surface area contributed by atoms with E-state index in [-0.39, 0.29) is 30.7 Å².